The highest BCUT2D eigenvalue weighted by molar-refractivity contribution is 7.11. The topological polar surface area (TPSA) is 20.3 Å². The summed E-state index contributed by atoms with van der Waals surface area (Å²) in [5.74, 6) is 0.287. The first kappa shape index (κ1) is 16.2. The van der Waals surface area contributed by atoms with Crippen molar-refractivity contribution in [3.63, 3.8) is 0 Å². The summed E-state index contributed by atoms with van der Waals surface area (Å²) in [5.41, 5.74) is 3.14. The van der Waals surface area contributed by atoms with Gasteiger partial charge in [-0.15, -0.1) is 11.3 Å². The van der Waals surface area contributed by atoms with Crippen molar-refractivity contribution < 1.29 is 4.79 Å². The Labute approximate surface area is 142 Å². The first-order valence-corrected chi connectivity index (χ1v) is 8.89. The maximum atomic E-state index is 12.8. The van der Waals surface area contributed by atoms with E-state index in [1.807, 2.05) is 6.07 Å². The second kappa shape index (κ2) is 6.42. The van der Waals surface area contributed by atoms with Crippen LogP contribution in [0.25, 0.3) is 6.08 Å². The minimum absolute atomic E-state index is 0.287. The van der Waals surface area contributed by atoms with Gasteiger partial charge in [0.1, 0.15) is 0 Å². The number of thiophene rings is 1. The lowest BCUT2D eigenvalue weighted by atomic mass is 9.79. The van der Waals surface area contributed by atoms with E-state index < -0.39 is 0 Å². The van der Waals surface area contributed by atoms with Crippen molar-refractivity contribution in [2.45, 2.75) is 27.3 Å². The molecule has 0 amide bonds. The molecule has 0 bridgehead atoms. The van der Waals surface area contributed by atoms with E-state index in [-0.39, 0.29) is 11.2 Å². The normalized spacial score (nSPS) is 20.1. The van der Waals surface area contributed by atoms with Crippen molar-refractivity contribution >= 4 is 23.2 Å². The Morgan fingerprint density at radius 2 is 1.96 bits per heavy atom. The molecule has 3 rings (SSSR count). The van der Waals surface area contributed by atoms with Crippen LogP contribution in [0, 0.1) is 12.3 Å². The third-order valence-corrected chi connectivity index (χ3v) is 5.34. The first-order chi connectivity index (χ1) is 11.0. The Morgan fingerprint density at radius 1 is 1.22 bits per heavy atom. The summed E-state index contributed by atoms with van der Waals surface area (Å²) in [6, 6.07) is 12.6. The Kier molecular flexibility index (Phi) is 4.51. The van der Waals surface area contributed by atoms with Gasteiger partial charge in [-0.3, -0.25) is 9.69 Å². The molecule has 2 heterocycles. The highest BCUT2D eigenvalue weighted by atomic mass is 32.1. The van der Waals surface area contributed by atoms with Gasteiger partial charge >= 0.3 is 0 Å². The molecule has 2 aromatic rings. The molecule has 0 saturated carbocycles. The predicted octanol–water partition coefficient (Wildman–Crippen LogP) is 4.55. The van der Waals surface area contributed by atoms with Crippen LogP contribution in [-0.4, -0.2) is 23.8 Å². The molecular weight excluding hydrogens is 302 g/mol. The van der Waals surface area contributed by atoms with Gasteiger partial charge in [-0.2, -0.15) is 0 Å². The minimum atomic E-state index is -0.329. The third kappa shape index (κ3) is 3.62. The summed E-state index contributed by atoms with van der Waals surface area (Å²) in [5, 5.41) is 2.09. The average Bonchev–Trinajstić information content (AvgIpc) is 2.90. The molecule has 1 saturated heterocycles. The van der Waals surface area contributed by atoms with E-state index in [2.05, 4.69) is 67.5 Å². The Hall–Kier alpha value is -1.71. The number of aryl methyl sites for hydroxylation is 1. The fourth-order valence-corrected chi connectivity index (χ4v) is 4.07. The molecule has 0 aliphatic carbocycles. The SMILES string of the molecule is Cc1ccsc1C=C1CN(Cc2ccccc2)CC(C)(C)C1=O. The maximum absolute atomic E-state index is 12.8. The average molecular weight is 325 g/mol. The summed E-state index contributed by atoms with van der Waals surface area (Å²) in [6.07, 6.45) is 2.10. The molecule has 1 aliphatic rings. The van der Waals surface area contributed by atoms with Gasteiger partial charge in [0, 0.05) is 35.5 Å². The fraction of sp³-hybridized carbons (Fsp3) is 0.350. The molecule has 0 spiro atoms. The van der Waals surface area contributed by atoms with Gasteiger partial charge in [-0.05, 0) is 35.6 Å². The number of hydrogen-bond acceptors (Lipinski definition) is 3. The summed E-state index contributed by atoms with van der Waals surface area (Å²) in [6.45, 7) is 8.64. The standard InChI is InChI=1S/C20H23NOS/c1-15-9-10-23-18(15)11-17-13-21(14-20(2,3)19(17)22)12-16-7-5-4-6-8-16/h4-11H,12-14H2,1-3H3. The molecule has 2 nitrogen and oxygen atoms in total. The van der Waals surface area contributed by atoms with E-state index in [4.69, 9.17) is 0 Å². The van der Waals surface area contributed by atoms with E-state index in [9.17, 15) is 4.79 Å². The maximum Gasteiger partial charge on any atom is 0.167 e. The van der Waals surface area contributed by atoms with Crippen molar-refractivity contribution in [2.75, 3.05) is 13.1 Å². The Balaban J connectivity index is 1.86. The number of nitrogens with zero attached hydrogens (tertiary/aromatic N) is 1. The molecule has 0 radical (unpaired) electrons. The molecule has 1 aromatic carbocycles. The summed E-state index contributed by atoms with van der Waals surface area (Å²) in [7, 11) is 0. The molecule has 0 N–H and O–H groups in total. The summed E-state index contributed by atoms with van der Waals surface area (Å²) < 4.78 is 0. The van der Waals surface area contributed by atoms with Crippen LogP contribution in [-0.2, 0) is 11.3 Å². The Morgan fingerprint density at radius 3 is 2.61 bits per heavy atom. The van der Waals surface area contributed by atoms with Gasteiger partial charge in [0.2, 0.25) is 0 Å². The number of benzene rings is 1. The zero-order chi connectivity index (χ0) is 16.4. The largest absolute Gasteiger partial charge is 0.294 e. The van der Waals surface area contributed by atoms with E-state index in [0.29, 0.717) is 0 Å². The zero-order valence-corrected chi connectivity index (χ0v) is 14.8. The highest BCUT2D eigenvalue weighted by Crippen LogP contribution is 2.31. The number of ketones is 1. The minimum Gasteiger partial charge on any atom is -0.294 e. The summed E-state index contributed by atoms with van der Waals surface area (Å²) >= 11 is 1.70. The van der Waals surface area contributed by atoms with E-state index in [1.54, 1.807) is 11.3 Å². The van der Waals surface area contributed by atoms with Gasteiger partial charge in [0.25, 0.3) is 0 Å². The molecule has 0 unspecified atom stereocenters. The number of carbonyl (C=O) groups excluding carboxylic acids is 1. The van der Waals surface area contributed by atoms with Gasteiger partial charge in [-0.1, -0.05) is 44.2 Å². The monoisotopic (exact) mass is 325 g/mol. The van der Waals surface area contributed by atoms with Gasteiger partial charge in [0.05, 0.1) is 0 Å². The fourth-order valence-electron chi connectivity index (χ4n) is 3.19. The van der Waals surface area contributed by atoms with Crippen molar-refractivity contribution in [1.29, 1.82) is 0 Å². The van der Waals surface area contributed by atoms with E-state index in [1.165, 1.54) is 16.0 Å². The van der Waals surface area contributed by atoms with Crippen LogP contribution in [0.4, 0.5) is 0 Å². The van der Waals surface area contributed by atoms with E-state index >= 15 is 0 Å². The second-order valence-corrected chi connectivity index (χ2v) is 7.93. The number of likely N-dealkylation sites (tertiary alicyclic amines) is 1. The lowest BCUT2D eigenvalue weighted by Gasteiger charge is -2.38. The van der Waals surface area contributed by atoms with Crippen molar-refractivity contribution in [1.82, 2.24) is 4.90 Å². The molecule has 0 atom stereocenters. The zero-order valence-electron chi connectivity index (χ0n) is 14.0. The molecule has 3 heteroatoms. The van der Waals surface area contributed by atoms with Crippen molar-refractivity contribution in [3.05, 3.63) is 63.4 Å². The summed E-state index contributed by atoms with van der Waals surface area (Å²) in [4.78, 5) is 16.4. The highest BCUT2D eigenvalue weighted by Gasteiger charge is 2.37. The molecule has 1 aliphatic heterocycles. The Bertz CT molecular complexity index is 727. The molecular formula is C20H23NOS. The van der Waals surface area contributed by atoms with Crippen LogP contribution in [0.3, 0.4) is 0 Å². The number of Topliss-reactive ketones (excluding diaryl/α,β-unsaturated/α-hetero) is 1. The predicted molar refractivity (Wildman–Crippen MR) is 97.5 cm³/mol. The number of carbonyl (C=O) groups is 1. The molecule has 1 fully saturated rings. The van der Waals surface area contributed by atoms with Crippen LogP contribution in [0.1, 0.15) is 29.9 Å². The molecule has 120 valence electrons. The van der Waals surface area contributed by atoms with Crippen molar-refractivity contribution in [2.24, 2.45) is 5.41 Å². The smallest absolute Gasteiger partial charge is 0.167 e. The lowest BCUT2D eigenvalue weighted by molar-refractivity contribution is -0.126. The van der Waals surface area contributed by atoms with E-state index in [0.717, 1.165) is 25.2 Å². The quantitative estimate of drug-likeness (QED) is 0.772. The lowest BCUT2D eigenvalue weighted by Crippen LogP contribution is -2.47. The van der Waals surface area contributed by atoms with Gasteiger partial charge in [-0.25, -0.2) is 0 Å². The molecule has 23 heavy (non-hydrogen) atoms. The van der Waals surface area contributed by atoms with Crippen molar-refractivity contribution in [3.8, 4) is 0 Å². The first-order valence-electron chi connectivity index (χ1n) is 8.01. The van der Waals surface area contributed by atoms with Gasteiger partial charge in [0.15, 0.2) is 5.78 Å². The van der Waals surface area contributed by atoms with Gasteiger partial charge < -0.3 is 0 Å². The van der Waals surface area contributed by atoms with Crippen LogP contribution in [0.2, 0.25) is 0 Å². The second-order valence-electron chi connectivity index (χ2n) is 6.98. The van der Waals surface area contributed by atoms with Crippen LogP contribution in [0.5, 0.6) is 0 Å². The van der Waals surface area contributed by atoms with Crippen LogP contribution >= 0.6 is 11.3 Å². The number of rotatable bonds is 3. The van der Waals surface area contributed by atoms with Crippen LogP contribution in [0.15, 0.2) is 47.4 Å². The molecule has 1 aromatic heterocycles. The number of piperidine rings is 1. The van der Waals surface area contributed by atoms with Crippen LogP contribution < -0.4 is 0 Å². The third-order valence-electron chi connectivity index (χ3n) is 4.38. The number of hydrogen-bond donors (Lipinski definition) is 0.